The summed E-state index contributed by atoms with van der Waals surface area (Å²) in [5.41, 5.74) is 0. The second-order valence-electron chi connectivity index (χ2n) is 3.78. The number of ether oxygens (including phenoxy) is 2. The third kappa shape index (κ3) is 1.00. The molecule has 3 nitrogen and oxygen atoms in total. The Bertz CT molecular complexity index is 271. The van der Waals surface area contributed by atoms with Gasteiger partial charge in [-0.2, -0.15) is 0 Å². The van der Waals surface area contributed by atoms with Gasteiger partial charge in [-0.3, -0.25) is 4.79 Å². The van der Waals surface area contributed by atoms with E-state index in [4.69, 9.17) is 9.47 Å². The molecular formula is C10H14O3. The smallest absolute Gasteiger partial charge is 0.197 e. The van der Waals surface area contributed by atoms with Crippen LogP contribution in [0.3, 0.4) is 0 Å². The molecule has 0 aromatic heterocycles. The van der Waals surface area contributed by atoms with Gasteiger partial charge in [-0.05, 0) is 13.0 Å². The number of ketones is 1. The molecule has 4 atom stereocenters. The molecule has 2 bridgehead atoms. The number of hydrogen-bond acceptors (Lipinski definition) is 3. The number of fused-ring (bicyclic) bond motifs is 2. The van der Waals surface area contributed by atoms with Crippen LogP contribution in [0.4, 0.5) is 0 Å². The summed E-state index contributed by atoms with van der Waals surface area (Å²) in [5, 5.41) is 0. The van der Waals surface area contributed by atoms with E-state index in [9.17, 15) is 4.79 Å². The maximum Gasteiger partial charge on any atom is 0.197 e. The highest BCUT2D eigenvalue weighted by Gasteiger charge is 2.52. The summed E-state index contributed by atoms with van der Waals surface area (Å²) in [6.07, 6.45) is 3.70. The second-order valence-corrected chi connectivity index (χ2v) is 3.78. The first-order chi connectivity index (χ1) is 6.10. The van der Waals surface area contributed by atoms with Crippen molar-refractivity contribution in [1.82, 2.24) is 0 Å². The fourth-order valence-corrected chi connectivity index (χ4v) is 2.08. The number of carbonyl (C=O) groups excluding carboxylic acids is 1. The molecule has 1 fully saturated rings. The van der Waals surface area contributed by atoms with Crippen molar-refractivity contribution < 1.29 is 14.3 Å². The van der Waals surface area contributed by atoms with E-state index in [1.807, 2.05) is 26.0 Å². The van der Waals surface area contributed by atoms with Crippen LogP contribution in [0, 0.1) is 11.8 Å². The average molecular weight is 182 g/mol. The van der Waals surface area contributed by atoms with Crippen LogP contribution in [0.25, 0.3) is 0 Å². The molecule has 0 aromatic rings. The van der Waals surface area contributed by atoms with Gasteiger partial charge in [0, 0.05) is 13.0 Å². The van der Waals surface area contributed by atoms with Gasteiger partial charge in [-0.15, -0.1) is 0 Å². The first-order valence-corrected chi connectivity index (χ1v) is 4.57. The van der Waals surface area contributed by atoms with Crippen molar-refractivity contribution in [3.05, 3.63) is 12.2 Å². The van der Waals surface area contributed by atoms with Crippen molar-refractivity contribution in [2.45, 2.75) is 25.7 Å². The van der Waals surface area contributed by atoms with Crippen LogP contribution in [-0.4, -0.2) is 24.8 Å². The minimum atomic E-state index is -0.783. The van der Waals surface area contributed by atoms with Crippen LogP contribution in [0.5, 0.6) is 0 Å². The lowest BCUT2D eigenvalue weighted by Crippen LogP contribution is -2.51. The Morgan fingerprint density at radius 3 is 2.85 bits per heavy atom. The molecule has 72 valence electrons. The first-order valence-electron chi connectivity index (χ1n) is 4.57. The molecule has 3 heteroatoms. The number of methoxy groups -OCH3 is 1. The van der Waals surface area contributed by atoms with Crippen molar-refractivity contribution in [1.29, 1.82) is 0 Å². The van der Waals surface area contributed by atoms with Crippen LogP contribution < -0.4 is 0 Å². The molecule has 0 aromatic carbocycles. The molecule has 2 aliphatic rings. The van der Waals surface area contributed by atoms with E-state index in [0.29, 0.717) is 0 Å². The summed E-state index contributed by atoms with van der Waals surface area (Å²) in [7, 11) is 1.58. The molecule has 0 aliphatic carbocycles. The van der Waals surface area contributed by atoms with E-state index >= 15 is 0 Å². The lowest BCUT2D eigenvalue weighted by atomic mass is 9.86. The molecule has 2 heterocycles. The van der Waals surface area contributed by atoms with Gasteiger partial charge in [-0.1, -0.05) is 13.0 Å². The standard InChI is InChI=1S/C10H14O3/c1-6-8-4-5-10(12-3,13-8)7(2)9(6)11/h4-8H,1-3H3/t6-,7-,8-,10+/m1/s1. The summed E-state index contributed by atoms with van der Waals surface area (Å²) in [4.78, 5) is 11.8. The van der Waals surface area contributed by atoms with E-state index in [2.05, 4.69) is 0 Å². The Hall–Kier alpha value is -0.670. The van der Waals surface area contributed by atoms with Crippen molar-refractivity contribution in [3.8, 4) is 0 Å². The Morgan fingerprint density at radius 1 is 1.54 bits per heavy atom. The van der Waals surface area contributed by atoms with Crippen molar-refractivity contribution in [2.75, 3.05) is 7.11 Å². The van der Waals surface area contributed by atoms with E-state index in [1.165, 1.54) is 0 Å². The summed E-state index contributed by atoms with van der Waals surface area (Å²) < 4.78 is 10.9. The monoisotopic (exact) mass is 182 g/mol. The molecule has 0 saturated carbocycles. The number of carbonyl (C=O) groups is 1. The maximum absolute atomic E-state index is 11.8. The summed E-state index contributed by atoms with van der Waals surface area (Å²) in [6.45, 7) is 3.76. The SMILES string of the molecule is CO[C@@]12C=C[C@@H](O1)[C@@H](C)C(=O)[C@H]2C. The van der Waals surface area contributed by atoms with Crippen LogP contribution >= 0.6 is 0 Å². The number of rotatable bonds is 1. The minimum absolute atomic E-state index is 0.0444. The molecule has 0 N–H and O–H groups in total. The topological polar surface area (TPSA) is 35.5 Å². The average Bonchev–Trinajstić information content (AvgIpc) is 2.55. The van der Waals surface area contributed by atoms with E-state index in [1.54, 1.807) is 7.11 Å². The van der Waals surface area contributed by atoms with E-state index in [-0.39, 0.29) is 23.7 Å². The quantitative estimate of drug-likeness (QED) is 0.570. The van der Waals surface area contributed by atoms with Gasteiger partial charge < -0.3 is 9.47 Å². The number of Topliss-reactive ketones (excluding diaryl/α,β-unsaturated/α-hetero) is 1. The molecule has 0 amide bonds. The number of hydrogen-bond donors (Lipinski definition) is 0. The summed E-state index contributed by atoms with van der Waals surface area (Å²) in [6, 6.07) is 0. The fraction of sp³-hybridized carbons (Fsp3) is 0.700. The van der Waals surface area contributed by atoms with Crippen molar-refractivity contribution in [2.24, 2.45) is 11.8 Å². The molecule has 2 aliphatic heterocycles. The zero-order valence-corrected chi connectivity index (χ0v) is 8.11. The van der Waals surface area contributed by atoms with Gasteiger partial charge in [-0.25, -0.2) is 0 Å². The molecule has 0 spiro atoms. The zero-order chi connectivity index (χ0) is 9.64. The largest absolute Gasteiger partial charge is 0.349 e. The van der Waals surface area contributed by atoms with Crippen molar-refractivity contribution in [3.63, 3.8) is 0 Å². The Labute approximate surface area is 77.7 Å². The molecule has 1 saturated heterocycles. The van der Waals surface area contributed by atoms with E-state index in [0.717, 1.165) is 0 Å². The normalized spacial score (nSPS) is 48.5. The van der Waals surface area contributed by atoms with Gasteiger partial charge >= 0.3 is 0 Å². The molecule has 0 radical (unpaired) electrons. The first kappa shape index (κ1) is 8.91. The van der Waals surface area contributed by atoms with E-state index < -0.39 is 5.79 Å². The third-order valence-corrected chi connectivity index (χ3v) is 3.13. The Kier molecular flexibility index (Phi) is 1.82. The minimum Gasteiger partial charge on any atom is -0.349 e. The van der Waals surface area contributed by atoms with Gasteiger partial charge in [0.25, 0.3) is 0 Å². The lowest BCUT2D eigenvalue weighted by molar-refractivity contribution is -0.242. The van der Waals surface area contributed by atoms with Crippen molar-refractivity contribution >= 4 is 5.78 Å². The second kappa shape index (κ2) is 2.66. The highest BCUT2D eigenvalue weighted by molar-refractivity contribution is 5.86. The molecule has 2 rings (SSSR count). The van der Waals surface area contributed by atoms with Crippen LogP contribution in [0.15, 0.2) is 12.2 Å². The lowest BCUT2D eigenvalue weighted by Gasteiger charge is -2.39. The Balaban J connectivity index is 2.36. The maximum atomic E-state index is 11.8. The third-order valence-electron chi connectivity index (χ3n) is 3.13. The zero-order valence-electron chi connectivity index (χ0n) is 8.11. The van der Waals surface area contributed by atoms with Gasteiger partial charge in [0.2, 0.25) is 0 Å². The van der Waals surface area contributed by atoms with Crippen LogP contribution in [0.2, 0.25) is 0 Å². The summed E-state index contributed by atoms with van der Waals surface area (Å²) >= 11 is 0. The van der Waals surface area contributed by atoms with Crippen LogP contribution in [-0.2, 0) is 14.3 Å². The predicted octanol–water partition coefficient (Wildman–Crippen LogP) is 1.14. The highest BCUT2D eigenvalue weighted by Crippen LogP contribution is 2.41. The summed E-state index contributed by atoms with van der Waals surface area (Å²) in [5.74, 6) is -0.809. The van der Waals surface area contributed by atoms with Gasteiger partial charge in [0.05, 0.1) is 12.0 Å². The van der Waals surface area contributed by atoms with Gasteiger partial charge in [0.15, 0.2) is 5.79 Å². The highest BCUT2D eigenvalue weighted by atomic mass is 16.7. The fourth-order valence-electron chi connectivity index (χ4n) is 2.08. The molecule has 13 heavy (non-hydrogen) atoms. The van der Waals surface area contributed by atoms with Crippen LogP contribution in [0.1, 0.15) is 13.8 Å². The Morgan fingerprint density at radius 2 is 2.23 bits per heavy atom. The van der Waals surface area contributed by atoms with Gasteiger partial charge in [0.1, 0.15) is 5.78 Å². The predicted molar refractivity (Wildman–Crippen MR) is 47.1 cm³/mol. The molecule has 0 unspecified atom stereocenters. The molecular weight excluding hydrogens is 168 g/mol.